The quantitative estimate of drug-likeness (QED) is 0.784. The van der Waals surface area contributed by atoms with Crippen molar-refractivity contribution in [2.75, 3.05) is 5.32 Å². The lowest BCUT2D eigenvalue weighted by atomic mass is 10.1. The van der Waals surface area contributed by atoms with Crippen molar-refractivity contribution in [2.24, 2.45) is 11.3 Å². The molecule has 1 saturated carbocycles. The summed E-state index contributed by atoms with van der Waals surface area (Å²) >= 11 is 0. The number of aromatic nitrogens is 2. The molecule has 1 aliphatic carbocycles. The summed E-state index contributed by atoms with van der Waals surface area (Å²) < 4.78 is 0. The third-order valence-corrected chi connectivity index (χ3v) is 3.12. The highest BCUT2D eigenvalue weighted by molar-refractivity contribution is 5.95. The van der Waals surface area contributed by atoms with Crippen molar-refractivity contribution in [1.82, 2.24) is 9.97 Å². The van der Waals surface area contributed by atoms with Gasteiger partial charge in [0.25, 0.3) is 5.56 Å². The lowest BCUT2D eigenvalue weighted by Crippen LogP contribution is -2.23. The number of aryl methyl sites for hydroxylation is 1. The van der Waals surface area contributed by atoms with Crippen molar-refractivity contribution in [1.29, 1.82) is 0 Å². The largest absolute Gasteiger partial charge is 0.320 e. The van der Waals surface area contributed by atoms with Gasteiger partial charge in [0.15, 0.2) is 0 Å². The molecule has 86 valence electrons. The van der Waals surface area contributed by atoms with Crippen LogP contribution >= 0.6 is 0 Å². The van der Waals surface area contributed by atoms with Gasteiger partial charge in [0, 0.05) is 5.92 Å². The Morgan fingerprint density at radius 1 is 1.62 bits per heavy atom. The van der Waals surface area contributed by atoms with E-state index in [9.17, 15) is 9.59 Å². The monoisotopic (exact) mass is 221 g/mol. The second-order valence-electron chi connectivity index (χ2n) is 4.93. The number of nitrogens with one attached hydrogen (secondary N) is 2. The van der Waals surface area contributed by atoms with E-state index in [0.29, 0.717) is 5.69 Å². The number of carbonyl (C=O) groups excluding carboxylic acids is 1. The second kappa shape index (κ2) is 3.43. The fourth-order valence-electron chi connectivity index (χ4n) is 1.76. The minimum Gasteiger partial charge on any atom is -0.320 e. The Morgan fingerprint density at radius 3 is 2.75 bits per heavy atom. The van der Waals surface area contributed by atoms with Gasteiger partial charge in [-0.05, 0) is 18.8 Å². The van der Waals surface area contributed by atoms with Gasteiger partial charge < -0.3 is 10.3 Å². The summed E-state index contributed by atoms with van der Waals surface area (Å²) in [5, 5.41) is 2.65. The first-order valence-electron chi connectivity index (χ1n) is 5.27. The van der Waals surface area contributed by atoms with Crippen molar-refractivity contribution in [3.8, 4) is 0 Å². The summed E-state index contributed by atoms with van der Waals surface area (Å²) in [6.07, 6.45) is 2.20. The highest BCUT2D eigenvalue weighted by Crippen LogP contribution is 2.51. The fraction of sp³-hybridized carbons (Fsp3) is 0.545. The molecule has 0 unspecified atom stereocenters. The molecule has 0 spiro atoms. The van der Waals surface area contributed by atoms with E-state index in [1.807, 2.05) is 13.8 Å². The molecule has 0 aromatic carbocycles. The van der Waals surface area contributed by atoms with Crippen molar-refractivity contribution in [2.45, 2.75) is 27.2 Å². The predicted octanol–water partition coefficient (Wildman–Crippen LogP) is 1.06. The van der Waals surface area contributed by atoms with Gasteiger partial charge in [0.05, 0.1) is 12.0 Å². The lowest BCUT2D eigenvalue weighted by molar-refractivity contribution is -0.118. The van der Waals surface area contributed by atoms with Crippen LogP contribution in [0.15, 0.2) is 11.1 Å². The average molecular weight is 221 g/mol. The Labute approximate surface area is 93.3 Å². The minimum absolute atomic E-state index is 0.00602. The highest BCUT2D eigenvalue weighted by atomic mass is 16.2. The van der Waals surface area contributed by atoms with E-state index < -0.39 is 0 Å². The number of amides is 1. The molecule has 5 nitrogen and oxygen atoms in total. The van der Waals surface area contributed by atoms with Crippen LogP contribution in [0.4, 0.5) is 5.69 Å². The molecule has 2 rings (SSSR count). The van der Waals surface area contributed by atoms with Crippen LogP contribution in [-0.2, 0) is 4.79 Å². The average Bonchev–Trinajstić information content (AvgIpc) is 2.82. The van der Waals surface area contributed by atoms with Crippen LogP contribution < -0.4 is 10.9 Å². The normalized spacial score (nSPS) is 21.6. The molecule has 2 N–H and O–H groups in total. The number of aromatic amines is 1. The summed E-state index contributed by atoms with van der Waals surface area (Å²) in [4.78, 5) is 29.7. The SMILES string of the molecule is Cc1nc[nH]c(=O)c1NC(=O)[C@H]1CC1(C)C. The first-order valence-corrected chi connectivity index (χ1v) is 5.27. The van der Waals surface area contributed by atoms with E-state index in [2.05, 4.69) is 15.3 Å². The Morgan fingerprint density at radius 2 is 2.25 bits per heavy atom. The van der Waals surface area contributed by atoms with Crippen LogP contribution in [0.25, 0.3) is 0 Å². The number of nitrogens with zero attached hydrogens (tertiary/aromatic N) is 1. The van der Waals surface area contributed by atoms with E-state index in [1.165, 1.54) is 6.33 Å². The van der Waals surface area contributed by atoms with Gasteiger partial charge in [0.1, 0.15) is 5.69 Å². The van der Waals surface area contributed by atoms with Gasteiger partial charge in [-0.2, -0.15) is 0 Å². The molecular formula is C11H15N3O2. The number of rotatable bonds is 2. The summed E-state index contributed by atoms with van der Waals surface area (Å²) in [6, 6.07) is 0. The Bertz CT molecular complexity index is 490. The maximum Gasteiger partial charge on any atom is 0.274 e. The molecule has 1 amide bonds. The zero-order chi connectivity index (χ0) is 11.9. The number of carbonyl (C=O) groups is 1. The first-order chi connectivity index (χ1) is 7.42. The van der Waals surface area contributed by atoms with E-state index in [0.717, 1.165) is 6.42 Å². The highest BCUT2D eigenvalue weighted by Gasteiger charge is 2.50. The fourth-order valence-corrected chi connectivity index (χ4v) is 1.76. The number of anilines is 1. The third kappa shape index (κ3) is 1.85. The third-order valence-electron chi connectivity index (χ3n) is 3.12. The van der Waals surface area contributed by atoms with Crippen molar-refractivity contribution >= 4 is 11.6 Å². The molecule has 16 heavy (non-hydrogen) atoms. The maximum absolute atomic E-state index is 11.8. The minimum atomic E-state index is -0.306. The number of H-pyrrole nitrogens is 1. The first kappa shape index (κ1) is 10.9. The zero-order valence-electron chi connectivity index (χ0n) is 9.63. The van der Waals surface area contributed by atoms with Crippen molar-refractivity contribution < 1.29 is 4.79 Å². The van der Waals surface area contributed by atoms with E-state index in [1.54, 1.807) is 6.92 Å². The van der Waals surface area contributed by atoms with Crippen LogP contribution in [0, 0.1) is 18.3 Å². The smallest absolute Gasteiger partial charge is 0.274 e. The Kier molecular flexibility index (Phi) is 2.33. The summed E-state index contributed by atoms with van der Waals surface area (Å²) in [6.45, 7) is 5.78. The molecule has 1 aromatic heterocycles. The molecule has 0 bridgehead atoms. The van der Waals surface area contributed by atoms with Crippen LogP contribution in [0.5, 0.6) is 0 Å². The second-order valence-corrected chi connectivity index (χ2v) is 4.93. The van der Waals surface area contributed by atoms with Gasteiger partial charge in [0.2, 0.25) is 5.91 Å². The number of hydrogen-bond acceptors (Lipinski definition) is 3. The Hall–Kier alpha value is -1.65. The molecule has 0 radical (unpaired) electrons. The summed E-state index contributed by atoms with van der Waals surface area (Å²) in [5.74, 6) is -0.0851. The van der Waals surface area contributed by atoms with Crippen LogP contribution in [0.2, 0.25) is 0 Å². The molecule has 0 aliphatic heterocycles. The van der Waals surface area contributed by atoms with Crippen molar-refractivity contribution in [3.63, 3.8) is 0 Å². The van der Waals surface area contributed by atoms with Crippen molar-refractivity contribution in [3.05, 3.63) is 22.4 Å². The topological polar surface area (TPSA) is 74.8 Å². The summed E-state index contributed by atoms with van der Waals surface area (Å²) in [7, 11) is 0. The predicted molar refractivity (Wildman–Crippen MR) is 60.1 cm³/mol. The van der Waals surface area contributed by atoms with Gasteiger partial charge in [-0.15, -0.1) is 0 Å². The van der Waals surface area contributed by atoms with E-state index in [4.69, 9.17) is 0 Å². The van der Waals surface area contributed by atoms with Crippen LogP contribution in [0.1, 0.15) is 26.0 Å². The van der Waals surface area contributed by atoms with Gasteiger partial charge >= 0.3 is 0 Å². The molecule has 1 atom stereocenters. The van der Waals surface area contributed by atoms with Gasteiger partial charge in [-0.3, -0.25) is 9.59 Å². The molecule has 0 saturated heterocycles. The molecule has 1 aromatic rings. The molecule has 1 heterocycles. The Balaban J connectivity index is 2.16. The van der Waals surface area contributed by atoms with Crippen LogP contribution in [-0.4, -0.2) is 15.9 Å². The van der Waals surface area contributed by atoms with E-state index >= 15 is 0 Å². The number of hydrogen-bond donors (Lipinski definition) is 2. The zero-order valence-corrected chi connectivity index (χ0v) is 9.63. The molecule has 5 heteroatoms. The molecule has 1 fully saturated rings. The maximum atomic E-state index is 11.8. The standard InChI is InChI=1S/C11H15N3O2/c1-6-8(10(16)13-5-12-6)14-9(15)7-4-11(7,2)3/h5,7H,4H2,1-3H3,(H,14,15)(H,12,13,16)/t7-/m1/s1. The van der Waals surface area contributed by atoms with E-state index in [-0.39, 0.29) is 28.5 Å². The van der Waals surface area contributed by atoms with Gasteiger partial charge in [-0.25, -0.2) is 4.98 Å². The summed E-state index contributed by atoms with van der Waals surface area (Å²) in [5.41, 5.74) is 0.553. The van der Waals surface area contributed by atoms with Gasteiger partial charge in [-0.1, -0.05) is 13.8 Å². The molecular weight excluding hydrogens is 206 g/mol. The lowest BCUT2D eigenvalue weighted by Gasteiger charge is -2.07. The van der Waals surface area contributed by atoms with Crippen LogP contribution in [0.3, 0.4) is 0 Å². The molecule has 1 aliphatic rings.